The van der Waals surface area contributed by atoms with Crippen LogP contribution in [0.25, 0.3) is 38.6 Å². The van der Waals surface area contributed by atoms with Crippen molar-refractivity contribution in [3.05, 3.63) is 149 Å². The van der Waals surface area contributed by atoms with E-state index >= 15 is 0 Å². The summed E-state index contributed by atoms with van der Waals surface area (Å²) in [4.78, 5) is 4.04. The maximum atomic E-state index is 5.41. The number of rotatable bonds is 2. The highest BCUT2D eigenvalue weighted by molar-refractivity contribution is 7.84. The minimum atomic E-state index is -0.119. The highest BCUT2D eigenvalue weighted by Crippen LogP contribution is 2.79. The normalized spacial score (nSPS) is 28.2. The summed E-state index contributed by atoms with van der Waals surface area (Å²) in [7, 11) is 0. The Kier molecular flexibility index (Phi) is 4.11. The standard InChI is InChI=1S/C41H29NS/c43-36-22-40-23-41(40,33-19-17-25-21-31(25)39(33)37(36)24-9-2-1-3-10-24)42(35-16-7-6-15-32(35)40)34-20-18-29-27-12-5-4-11-26(27)28-13-8-14-30(34)38(28)29/h1-20,25,31,43H,21-23H2/t25?,31-,40?,41?/m1/s1. The number of hydrogen-bond acceptors (Lipinski definition) is 2. The lowest BCUT2D eigenvalue weighted by molar-refractivity contribution is 0.624. The molecule has 3 unspecified atom stereocenters. The zero-order chi connectivity index (χ0) is 28.1. The lowest BCUT2D eigenvalue weighted by Gasteiger charge is -2.36. The molecule has 6 aliphatic rings. The maximum absolute atomic E-state index is 5.41. The third-order valence-electron chi connectivity index (χ3n) is 11.6. The first-order valence-electron chi connectivity index (χ1n) is 15.7. The molecule has 0 aromatic heterocycles. The summed E-state index contributed by atoms with van der Waals surface area (Å²) < 4.78 is 0. The molecule has 204 valence electrons. The van der Waals surface area contributed by atoms with E-state index in [9.17, 15) is 0 Å². The van der Waals surface area contributed by atoms with Crippen LogP contribution < -0.4 is 4.90 Å². The molecule has 1 aliphatic heterocycles. The second kappa shape index (κ2) is 7.62. The molecule has 0 N–H and O–H groups in total. The van der Waals surface area contributed by atoms with Crippen molar-refractivity contribution < 1.29 is 0 Å². The largest absolute Gasteiger partial charge is 0.329 e. The first kappa shape index (κ1) is 23.2. The molecular weight excluding hydrogens is 539 g/mol. The summed E-state index contributed by atoms with van der Waals surface area (Å²) in [5.41, 5.74) is 15.3. The van der Waals surface area contributed by atoms with Crippen LogP contribution in [0.15, 0.2) is 137 Å². The van der Waals surface area contributed by atoms with Crippen molar-refractivity contribution in [3.8, 4) is 22.3 Å². The first-order chi connectivity index (χ1) is 21.2. The minimum absolute atomic E-state index is 0.00953. The second-order valence-corrected chi connectivity index (χ2v) is 14.0. The predicted octanol–water partition coefficient (Wildman–Crippen LogP) is 10.3. The zero-order valence-corrected chi connectivity index (χ0v) is 24.6. The third-order valence-corrected chi connectivity index (χ3v) is 12.0. The molecule has 1 nitrogen and oxygen atoms in total. The summed E-state index contributed by atoms with van der Waals surface area (Å²) in [6.07, 6.45) is 8.42. The molecule has 0 bridgehead atoms. The minimum Gasteiger partial charge on any atom is -0.329 e. The fourth-order valence-corrected chi connectivity index (χ4v) is 10.3. The van der Waals surface area contributed by atoms with Gasteiger partial charge in [-0.05, 0) is 104 Å². The maximum Gasteiger partial charge on any atom is 0.0816 e. The molecular formula is C41H29NS. The number of anilines is 2. The fourth-order valence-electron chi connectivity index (χ4n) is 9.79. The molecule has 5 aromatic rings. The number of benzene rings is 5. The molecule has 0 saturated heterocycles. The molecule has 4 atom stereocenters. The van der Waals surface area contributed by atoms with E-state index in [4.69, 9.17) is 12.6 Å². The lowest BCUT2D eigenvalue weighted by atomic mass is 9.82. The SMILES string of the molecule is SC1=C(c2ccccc2)C2=C(C=CC3C[C@@H]23)C23CC2(C1)c1ccccc1N3c1ccc2c3c(cccc13)-c1ccccc1-2. The van der Waals surface area contributed by atoms with Gasteiger partial charge in [0.05, 0.1) is 5.54 Å². The molecule has 0 amide bonds. The van der Waals surface area contributed by atoms with E-state index in [1.54, 1.807) is 5.57 Å². The molecule has 2 fully saturated rings. The van der Waals surface area contributed by atoms with Crippen LogP contribution in [0, 0.1) is 11.8 Å². The molecule has 0 spiro atoms. The Morgan fingerprint density at radius 1 is 0.698 bits per heavy atom. The van der Waals surface area contributed by atoms with E-state index in [-0.39, 0.29) is 11.0 Å². The summed E-state index contributed by atoms with van der Waals surface area (Å²) in [5, 5.41) is 2.76. The van der Waals surface area contributed by atoms with Crippen molar-refractivity contribution in [2.24, 2.45) is 11.8 Å². The molecule has 2 heteroatoms. The highest BCUT2D eigenvalue weighted by Gasteiger charge is 2.78. The van der Waals surface area contributed by atoms with Gasteiger partial charge in [-0.1, -0.05) is 109 Å². The van der Waals surface area contributed by atoms with Crippen molar-refractivity contribution in [1.82, 2.24) is 0 Å². The van der Waals surface area contributed by atoms with Crippen LogP contribution in [0.2, 0.25) is 0 Å². The van der Waals surface area contributed by atoms with Gasteiger partial charge in [-0.2, -0.15) is 0 Å². The number of nitrogens with zero attached hydrogens (tertiary/aromatic N) is 1. The fraction of sp³-hybridized carbons (Fsp3) is 0.171. The van der Waals surface area contributed by atoms with Gasteiger partial charge >= 0.3 is 0 Å². The zero-order valence-electron chi connectivity index (χ0n) is 23.7. The number of allylic oxidation sites excluding steroid dienone is 4. The van der Waals surface area contributed by atoms with Gasteiger partial charge in [-0.15, -0.1) is 12.6 Å². The van der Waals surface area contributed by atoms with Crippen molar-refractivity contribution >= 4 is 40.3 Å². The quantitative estimate of drug-likeness (QED) is 0.204. The van der Waals surface area contributed by atoms with Crippen LogP contribution in [0.5, 0.6) is 0 Å². The van der Waals surface area contributed by atoms with Gasteiger partial charge in [0, 0.05) is 22.2 Å². The number of hydrogen-bond donors (Lipinski definition) is 1. The third kappa shape index (κ3) is 2.61. The highest BCUT2D eigenvalue weighted by atomic mass is 32.1. The average Bonchev–Trinajstić information content (AvgIpc) is 3.93. The van der Waals surface area contributed by atoms with Gasteiger partial charge in [-0.3, -0.25) is 0 Å². The number of fused-ring (bicyclic) bond motifs is 6. The predicted molar refractivity (Wildman–Crippen MR) is 181 cm³/mol. The second-order valence-electron chi connectivity index (χ2n) is 13.4. The van der Waals surface area contributed by atoms with Crippen LogP contribution in [0.3, 0.4) is 0 Å². The Morgan fingerprint density at radius 2 is 1.44 bits per heavy atom. The Bertz CT molecular complexity index is 2170. The van der Waals surface area contributed by atoms with Crippen LogP contribution >= 0.6 is 12.6 Å². The smallest absolute Gasteiger partial charge is 0.0816 e. The van der Waals surface area contributed by atoms with Crippen LogP contribution in [-0.2, 0) is 5.41 Å². The number of para-hydroxylation sites is 1. The van der Waals surface area contributed by atoms with E-state index in [0.29, 0.717) is 11.8 Å². The molecule has 2 saturated carbocycles. The van der Waals surface area contributed by atoms with Crippen molar-refractivity contribution in [1.29, 1.82) is 0 Å². The first-order valence-corrected chi connectivity index (χ1v) is 16.1. The molecule has 0 radical (unpaired) electrons. The van der Waals surface area contributed by atoms with Crippen molar-refractivity contribution in [2.75, 3.05) is 4.90 Å². The van der Waals surface area contributed by atoms with Gasteiger partial charge in [-0.25, -0.2) is 0 Å². The Hall–Kier alpha value is -4.27. The topological polar surface area (TPSA) is 3.24 Å². The van der Waals surface area contributed by atoms with E-state index in [0.717, 1.165) is 12.8 Å². The molecule has 43 heavy (non-hydrogen) atoms. The molecule has 5 aromatic carbocycles. The molecule has 1 heterocycles. The van der Waals surface area contributed by atoms with Crippen LogP contribution in [0.1, 0.15) is 30.4 Å². The number of thiol groups is 1. The molecule has 11 rings (SSSR count). The van der Waals surface area contributed by atoms with Crippen LogP contribution in [-0.4, -0.2) is 5.54 Å². The van der Waals surface area contributed by atoms with Gasteiger partial charge in [0.25, 0.3) is 0 Å². The van der Waals surface area contributed by atoms with Crippen LogP contribution in [0.4, 0.5) is 11.4 Å². The summed E-state index contributed by atoms with van der Waals surface area (Å²) >= 11 is 5.41. The van der Waals surface area contributed by atoms with Crippen molar-refractivity contribution in [3.63, 3.8) is 0 Å². The summed E-state index contributed by atoms with van der Waals surface area (Å²) in [5.74, 6) is 1.25. The van der Waals surface area contributed by atoms with Gasteiger partial charge in [0.1, 0.15) is 0 Å². The van der Waals surface area contributed by atoms with E-state index in [1.165, 1.54) is 78.0 Å². The summed E-state index contributed by atoms with van der Waals surface area (Å²) in [6, 6.07) is 41.0. The van der Waals surface area contributed by atoms with Gasteiger partial charge < -0.3 is 4.90 Å². The monoisotopic (exact) mass is 567 g/mol. The Labute approximate surface area is 257 Å². The Balaban J connectivity index is 1.22. The summed E-state index contributed by atoms with van der Waals surface area (Å²) in [6.45, 7) is 0. The molecule has 5 aliphatic carbocycles. The van der Waals surface area contributed by atoms with E-state index < -0.39 is 0 Å². The lowest BCUT2D eigenvalue weighted by Crippen LogP contribution is -2.37. The van der Waals surface area contributed by atoms with Gasteiger partial charge in [0.2, 0.25) is 0 Å². The van der Waals surface area contributed by atoms with Crippen molar-refractivity contribution in [2.45, 2.75) is 30.2 Å². The van der Waals surface area contributed by atoms with E-state index in [1.807, 2.05) is 0 Å². The Morgan fingerprint density at radius 3 is 2.30 bits per heavy atom. The van der Waals surface area contributed by atoms with Gasteiger partial charge in [0.15, 0.2) is 0 Å². The average molecular weight is 568 g/mol. The van der Waals surface area contributed by atoms with E-state index in [2.05, 4.69) is 126 Å².